The number of nitrogens with one attached hydrogen (secondary N) is 3. The van der Waals surface area contributed by atoms with E-state index in [1.165, 1.54) is 19.3 Å². The molecule has 0 aliphatic carbocycles. The molecule has 0 saturated carbocycles. The molecule has 3 fully saturated rings. The Labute approximate surface area is 328 Å². The average molecular weight is 810 g/mol. The van der Waals surface area contributed by atoms with Crippen molar-refractivity contribution in [2.75, 3.05) is 48.3 Å². The first kappa shape index (κ1) is 39.0. The molecule has 4 aliphatic heterocycles. The SMILES string of the molecule is Cc1c(C(NC(=O)Nc2cnc(N3CCC(N(C)C4CCN(c5ccc6c(c5)CN(C5CCC(=O)NC5=O)C6=O)CC4)C3)nc2)C(F)(F)F)oc2c(F)cc(F)cc12. The summed E-state index contributed by atoms with van der Waals surface area (Å²) in [4.78, 5) is 66.9. The molecular weight excluding hydrogens is 769 g/mol. The highest BCUT2D eigenvalue weighted by atomic mass is 19.4. The molecule has 3 saturated heterocycles. The molecule has 8 rings (SSSR count). The van der Waals surface area contributed by atoms with Crippen LogP contribution in [0.1, 0.15) is 65.4 Å². The normalized spacial score (nSPS) is 20.9. The number of anilines is 3. The van der Waals surface area contributed by atoms with Gasteiger partial charge in [0.25, 0.3) is 5.91 Å². The van der Waals surface area contributed by atoms with E-state index < -0.39 is 53.2 Å². The number of furan rings is 1. The number of likely N-dealkylation sites (N-methyl/N-ethyl adjacent to an activating group) is 1. The van der Waals surface area contributed by atoms with Crippen molar-refractivity contribution in [3.05, 3.63) is 76.8 Å². The van der Waals surface area contributed by atoms with Crippen molar-refractivity contribution in [3.8, 4) is 0 Å². The van der Waals surface area contributed by atoms with Crippen molar-refractivity contribution in [1.29, 1.82) is 0 Å². The second-order valence-electron chi connectivity index (χ2n) is 15.2. The standard InChI is InChI=1S/C39H40F5N9O5/c1-20-28-14-22(40)15-29(41)33(28)58-32(20)34(39(42,43)44)49-38(57)47-23-16-45-37(46-17-23)52-12-9-26(19-52)50(2)24-7-10-51(11-8-24)25-3-4-27-21(13-25)18-53(36(27)56)30-5-6-31(54)48-35(30)55/h3-4,13-17,24,26,30,34H,5-12,18-19H2,1-2H3,(H2,47,49,57)(H,48,54,55). The summed E-state index contributed by atoms with van der Waals surface area (Å²) < 4.78 is 75.5. The van der Waals surface area contributed by atoms with Gasteiger partial charge in [0.2, 0.25) is 17.8 Å². The molecule has 3 N–H and O–H groups in total. The largest absolute Gasteiger partial charge is 0.455 e. The smallest absolute Gasteiger partial charge is 0.416 e. The van der Waals surface area contributed by atoms with Gasteiger partial charge in [0, 0.05) is 79.5 Å². The zero-order valence-corrected chi connectivity index (χ0v) is 31.5. The van der Waals surface area contributed by atoms with Gasteiger partial charge in [-0.2, -0.15) is 13.2 Å². The van der Waals surface area contributed by atoms with Gasteiger partial charge in [0.05, 0.1) is 18.1 Å². The van der Waals surface area contributed by atoms with Gasteiger partial charge in [0.1, 0.15) is 17.6 Å². The Morgan fingerprint density at radius 3 is 2.40 bits per heavy atom. The monoisotopic (exact) mass is 809 g/mol. The van der Waals surface area contributed by atoms with Gasteiger partial charge in [-0.25, -0.2) is 23.5 Å². The van der Waals surface area contributed by atoms with Crippen molar-refractivity contribution < 1.29 is 45.5 Å². The Hall–Kier alpha value is -5.85. The minimum absolute atomic E-state index is 0.0397. The van der Waals surface area contributed by atoms with Crippen LogP contribution in [0.2, 0.25) is 0 Å². The zero-order valence-electron chi connectivity index (χ0n) is 31.5. The van der Waals surface area contributed by atoms with Crippen LogP contribution in [0.5, 0.6) is 0 Å². The quantitative estimate of drug-likeness (QED) is 0.160. The highest BCUT2D eigenvalue weighted by Gasteiger charge is 2.46. The fourth-order valence-corrected chi connectivity index (χ4v) is 8.52. The van der Waals surface area contributed by atoms with Crippen LogP contribution in [0.4, 0.5) is 44.1 Å². The fourth-order valence-electron chi connectivity index (χ4n) is 8.52. The summed E-state index contributed by atoms with van der Waals surface area (Å²) in [5.41, 5.74) is 1.80. The lowest BCUT2D eigenvalue weighted by atomic mass is 10.00. The molecule has 2 aromatic carbocycles. The van der Waals surface area contributed by atoms with E-state index in [4.69, 9.17) is 4.42 Å². The van der Waals surface area contributed by atoms with Crippen LogP contribution in [0.15, 0.2) is 47.1 Å². The predicted octanol–water partition coefficient (Wildman–Crippen LogP) is 5.18. The highest BCUT2D eigenvalue weighted by molar-refractivity contribution is 6.05. The number of piperidine rings is 2. The Balaban J connectivity index is 0.830. The maximum absolute atomic E-state index is 14.3. The van der Waals surface area contributed by atoms with Crippen LogP contribution in [0.25, 0.3) is 11.0 Å². The number of hydrogen-bond donors (Lipinski definition) is 3. The van der Waals surface area contributed by atoms with Gasteiger partial charge in [0.15, 0.2) is 17.4 Å². The van der Waals surface area contributed by atoms with E-state index in [-0.39, 0.29) is 40.9 Å². The van der Waals surface area contributed by atoms with E-state index in [1.807, 2.05) is 28.4 Å². The summed E-state index contributed by atoms with van der Waals surface area (Å²) >= 11 is 0. The van der Waals surface area contributed by atoms with Crippen LogP contribution in [0, 0.1) is 18.6 Å². The van der Waals surface area contributed by atoms with Gasteiger partial charge < -0.3 is 29.8 Å². The van der Waals surface area contributed by atoms with Crippen LogP contribution in [-0.2, 0) is 16.1 Å². The Kier molecular flexibility index (Phi) is 10.2. The molecule has 4 aromatic rings. The summed E-state index contributed by atoms with van der Waals surface area (Å²) in [6.07, 6.45) is 0.786. The maximum Gasteiger partial charge on any atom is 0.416 e. The molecule has 14 nitrogen and oxygen atoms in total. The molecule has 3 unspecified atom stereocenters. The number of urea groups is 1. The lowest BCUT2D eigenvalue weighted by Gasteiger charge is -2.40. The molecule has 4 aliphatic rings. The van der Waals surface area contributed by atoms with E-state index in [0.29, 0.717) is 49.7 Å². The van der Waals surface area contributed by atoms with Crippen LogP contribution >= 0.6 is 0 Å². The number of nitrogens with zero attached hydrogens (tertiary/aromatic N) is 6. The second kappa shape index (κ2) is 15.1. The number of fused-ring (bicyclic) bond motifs is 2. The molecule has 19 heteroatoms. The Bertz CT molecular complexity index is 2280. The molecule has 306 valence electrons. The Morgan fingerprint density at radius 1 is 0.983 bits per heavy atom. The molecular formula is C39H40F5N9O5. The van der Waals surface area contributed by atoms with E-state index in [9.17, 15) is 41.1 Å². The maximum atomic E-state index is 14.3. The predicted molar refractivity (Wildman–Crippen MR) is 200 cm³/mol. The topological polar surface area (TPSA) is 156 Å². The summed E-state index contributed by atoms with van der Waals surface area (Å²) in [7, 11) is 2.11. The second-order valence-corrected chi connectivity index (χ2v) is 15.2. The van der Waals surface area contributed by atoms with Gasteiger partial charge in [-0.05, 0) is 69.5 Å². The summed E-state index contributed by atoms with van der Waals surface area (Å²) in [5.74, 6) is -3.46. The zero-order chi connectivity index (χ0) is 41.0. The minimum atomic E-state index is -5.03. The number of rotatable bonds is 8. The van der Waals surface area contributed by atoms with E-state index in [0.717, 1.165) is 49.7 Å². The highest BCUT2D eigenvalue weighted by Crippen LogP contribution is 2.40. The molecule has 5 amide bonds. The first-order chi connectivity index (χ1) is 27.6. The number of hydrogen-bond acceptors (Lipinski definition) is 10. The third-order valence-corrected chi connectivity index (χ3v) is 11.7. The van der Waals surface area contributed by atoms with E-state index >= 15 is 0 Å². The summed E-state index contributed by atoms with van der Waals surface area (Å²) in [5, 5.41) is 6.28. The molecule has 0 bridgehead atoms. The summed E-state index contributed by atoms with van der Waals surface area (Å²) in [6.45, 7) is 4.52. The van der Waals surface area contributed by atoms with Gasteiger partial charge in [-0.1, -0.05) is 0 Å². The number of carbonyl (C=O) groups excluding carboxylic acids is 4. The molecule has 2 aromatic heterocycles. The number of halogens is 5. The van der Waals surface area contributed by atoms with E-state index in [1.54, 1.807) is 4.90 Å². The van der Waals surface area contributed by atoms with Crippen LogP contribution in [0.3, 0.4) is 0 Å². The third-order valence-electron chi connectivity index (χ3n) is 11.7. The van der Waals surface area contributed by atoms with Crippen LogP contribution in [-0.4, -0.2) is 101 Å². The number of benzene rings is 2. The van der Waals surface area contributed by atoms with Crippen molar-refractivity contribution in [2.24, 2.45) is 0 Å². The van der Waals surface area contributed by atoms with Crippen molar-refractivity contribution in [3.63, 3.8) is 0 Å². The first-order valence-corrected chi connectivity index (χ1v) is 19.0. The third kappa shape index (κ3) is 7.49. The summed E-state index contributed by atoms with van der Waals surface area (Å²) in [6, 6.07) is 3.17. The molecule has 6 heterocycles. The number of imide groups is 1. The first-order valence-electron chi connectivity index (χ1n) is 19.0. The molecule has 0 spiro atoms. The minimum Gasteiger partial charge on any atom is -0.455 e. The van der Waals surface area contributed by atoms with Crippen molar-refractivity contribution >= 4 is 52.0 Å². The number of aromatic nitrogens is 2. The molecule has 3 atom stereocenters. The number of carbonyl (C=O) groups is 4. The average Bonchev–Trinajstić information content (AvgIpc) is 3.90. The lowest BCUT2D eigenvalue weighted by molar-refractivity contribution is -0.158. The van der Waals surface area contributed by atoms with Crippen molar-refractivity contribution in [2.45, 2.75) is 75.9 Å². The van der Waals surface area contributed by atoms with Crippen molar-refractivity contribution in [1.82, 2.24) is 30.4 Å². The lowest BCUT2D eigenvalue weighted by Crippen LogP contribution is -2.52. The molecule has 0 radical (unpaired) electrons. The van der Waals surface area contributed by atoms with E-state index in [2.05, 4.69) is 37.4 Å². The Morgan fingerprint density at radius 2 is 1.69 bits per heavy atom. The number of aryl methyl sites for hydroxylation is 1. The van der Waals surface area contributed by atoms with Gasteiger partial charge >= 0.3 is 12.2 Å². The van der Waals surface area contributed by atoms with Gasteiger partial charge in [-0.3, -0.25) is 24.6 Å². The number of amides is 5. The number of alkyl halides is 3. The van der Waals surface area contributed by atoms with Gasteiger partial charge in [-0.15, -0.1) is 0 Å². The van der Waals surface area contributed by atoms with Crippen LogP contribution < -0.4 is 25.8 Å². The fraction of sp³-hybridized carbons (Fsp3) is 0.436. The molecule has 58 heavy (non-hydrogen) atoms.